The summed E-state index contributed by atoms with van der Waals surface area (Å²) in [4.78, 5) is 16.6. The van der Waals surface area contributed by atoms with Crippen molar-refractivity contribution in [1.82, 2.24) is 30.5 Å². The van der Waals surface area contributed by atoms with E-state index in [1.165, 1.54) is 4.68 Å². The number of amides is 1. The fourth-order valence-corrected chi connectivity index (χ4v) is 2.13. The Bertz CT molecular complexity index is 797. The zero-order valence-corrected chi connectivity index (χ0v) is 11.7. The highest BCUT2D eigenvalue weighted by Gasteiger charge is 2.17. The van der Waals surface area contributed by atoms with Crippen LogP contribution in [0.1, 0.15) is 29.3 Å². The van der Waals surface area contributed by atoms with E-state index >= 15 is 0 Å². The molecule has 1 amide bonds. The van der Waals surface area contributed by atoms with Gasteiger partial charge in [0.15, 0.2) is 5.82 Å². The first-order valence-corrected chi connectivity index (χ1v) is 6.54. The lowest BCUT2D eigenvalue weighted by Gasteiger charge is -2.12. The fourth-order valence-electron chi connectivity index (χ4n) is 2.13. The normalized spacial score (nSPS) is 12.3. The number of benzene rings is 1. The van der Waals surface area contributed by atoms with E-state index in [1.54, 1.807) is 13.1 Å². The number of carbonyl (C=O) groups excluding carboxylic acids is 1. The van der Waals surface area contributed by atoms with Crippen molar-refractivity contribution < 1.29 is 4.79 Å². The van der Waals surface area contributed by atoms with Gasteiger partial charge in [0.25, 0.3) is 5.91 Å². The maximum absolute atomic E-state index is 12.3. The summed E-state index contributed by atoms with van der Waals surface area (Å²) in [5.41, 5.74) is 1.16. The number of carbonyl (C=O) groups is 1. The Morgan fingerprint density at radius 3 is 2.81 bits per heavy atom. The monoisotopic (exact) mass is 282 g/mol. The number of aromatic nitrogens is 5. The van der Waals surface area contributed by atoms with E-state index in [0.717, 1.165) is 10.9 Å². The standard InChI is InChI=1S/C14H14N6O/c1-9(13-17-18-19-20(13)2)15-14(21)12-8-7-10-5-3-4-6-11(10)16-12/h3-9H,1-2H3,(H,15,21). The van der Waals surface area contributed by atoms with Gasteiger partial charge in [0.1, 0.15) is 5.69 Å². The Hall–Kier alpha value is -2.83. The van der Waals surface area contributed by atoms with Gasteiger partial charge in [-0.2, -0.15) is 0 Å². The highest BCUT2D eigenvalue weighted by molar-refractivity contribution is 5.95. The van der Waals surface area contributed by atoms with E-state index in [4.69, 9.17) is 0 Å². The number of nitrogens with zero attached hydrogens (tertiary/aromatic N) is 5. The molecular formula is C14H14N6O. The fraction of sp³-hybridized carbons (Fsp3) is 0.214. The smallest absolute Gasteiger partial charge is 0.270 e. The number of hydrogen-bond acceptors (Lipinski definition) is 5. The second-order valence-corrected chi connectivity index (χ2v) is 4.75. The summed E-state index contributed by atoms with van der Waals surface area (Å²) in [5.74, 6) is 0.334. The van der Waals surface area contributed by atoms with Crippen molar-refractivity contribution in [3.05, 3.63) is 47.9 Å². The maximum Gasteiger partial charge on any atom is 0.270 e. The van der Waals surface area contributed by atoms with E-state index in [1.807, 2.05) is 37.3 Å². The van der Waals surface area contributed by atoms with Crippen LogP contribution in [0, 0.1) is 0 Å². The van der Waals surface area contributed by atoms with Crippen molar-refractivity contribution in [2.75, 3.05) is 0 Å². The highest BCUT2D eigenvalue weighted by Crippen LogP contribution is 2.13. The molecule has 0 radical (unpaired) electrons. The Morgan fingerprint density at radius 1 is 1.24 bits per heavy atom. The quantitative estimate of drug-likeness (QED) is 0.781. The number of fused-ring (bicyclic) bond motifs is 1. The van der Waals surface area contributed by atoms with Gasteiger partial charge in [-0.3, -0.25) is 4.79 Å². The first kappa shape index (κ1) is 13.2. The molecule has 3 aromatic rings. The van der Waals surface area contributed by atoms with Crippen LogP contribution in [-0.2, 0) is 7.05 Å². The van der Waals surface area contributed by atoms with Crippen LogP contribution in [0.2, 0.25) is 0 Å². The molecule has 21 heavy (non-hydrogen) atoms. The largest absolute Gasteiger partial charge is 0.341 e. The van der Waals surface area contributed by atoms with E-state index in [0.29, 0.717) is 11.5 Å². The molecule has 0 saturated heterocycles. The van der Waals surface area contributed by atoms with Gasteiger partial charge in [-0.05, 0) is 29.5 Å². The minimum Gasteiger partial charge on any atom is -0.341 e. The van der Waals surface area contributed by atoms with Crippen molar-refractivity contribution >= 4 is 16.8 Å². The third kappa shape index (κ3) is 2.58. The lowest BCUT2D eigenvalue weighted by Crippen LogP contribution is -2.29. The third-order valence-corrected chi connectivity index (χ3v) is 3.22. The molecule has 7 nitrogen and oxygen atoms in total. The van der Waals surface area contributed by atoms with Crippen molar-refractivity contribution in [3.8, 4) is 0 Å². The summed E-state index contributed by atoms with van der Waals surface area (Å²) in [6.45, 7) is 1.82. The highest BCUT2D eigenvalue weighted by atomic mass is 16.1. The van der Waals surface area contributed by atoms with Gasteiger partial charge in [0, 0.05) is 12.4 Å². The molecule has 0 aliphatic rings. The topological polar surface area (TPSA) is 85.6 Å². The zero-order chi connectivity index (χ0) is 14.8. The van der Waals surface area contributed by atoms with Gasteiger partial charge in [-0.1, -0.05) is 24.3 Å². The Morgan fingerprint density at radius 2 is 2.05 bits per heavy atom. The van der Waals surface area contributed by atoms with Crippen LogP contribution in [0.15, 0.2) is 36.4 Å². The molecule has 1 unspecified atom stereocenters. The number of pyridine rings is 1. The van der Waals surface area contributed by atoms with E-state index < -0.39 is 0 Å². The molecule has 1 N–H and O–H groups in total. The molecule has 2 heterocycles. The Labute approximate surface area is 121 Å². The third-order valence-electron chi connectivity index (χ3n) is 3.22. The van der Waals surface area contributed by atoms with Crippen LogP contribution in [0.4, 0.5) is 0 Å². The summed E-state index contributed by atoms with van der Waals surface area (Å²) < 4.78 is 1.53. The van der Waals surface area contributed by atoms with Gasteiger partial charge >= 0.3 is 0 Å². The minimum atomic E-state index is -0.300. The first-order valence-electron chi connectivity index (χ1n) is 6.54. The number of para-hydroxylation sites is 1. The first-order chi connectivity index (χ1) is 10.1. The summed E-state index contributed by atoms with van der Waals surface area (Å²) in [6, 6.07) is 11.0. The van der Waals surface area contributed by atoms with Crippen molar-refractivity contribution in [1.29, 1.82) is 0 Å². The molecule has 7 heteroatoms. The average Bonchev–Trinajstić information content (AvgIpc) is 2.93. The number of rotatable bonds is 3. The van der Waals surface area contributed by atoms with Gasteiger partial charge in [-0.15, -0.1) is 5.10 Å². The predicted octanol–water partition coefficient (Wildman–Crippen LogP) is 1.25. The van der Waals surface area contributed by atoms with Crippen molar-refractivity contribution in [3.63, 3.8) is 0 Å². The molecule has 1 aromatic carbocycles. The molecule has 3 rings (SSSR count). The van der Waals surface area contributed by atoms with Gasteiger partial charge in [0.2, 0.25) is 0 Å². The molecule has 0 aliphatic heterocycles. The van der Waals surface area contributed by atoms with Gasteiger partial charge in [-0.25, -0.2) is 9.67 Å². The minimum absolute atomic E-state index is 0.253. The molecule has 2 aromatic heterocycles. The number of nitrogens with one attached hydrogen (secondary N) is 1. The lowest BCUT2D eigenvalue weighted by atomic mass is 10.2. The molecular weight excluding hydrogens is 268 g/mol. The summed E-state index contributed by atoms with van der Waals surface area (Å²) >= 11 is 0. The molecule has 0 fully saturated rings. The maximum atomic E-state index is 12.3. The van der Waals surface area contributed by atoms with Gasteiger partial charge in [0.05, 0.1) is 11.6 Å². The summed E-state index contributed by atoms with van der Waals surface area (Å²) in [6.07, 6.45) is 0. The molecule has 0 bridgehead atoms. The average molecular weight is 282 g/mol. The summed E-state index contributed by atoms with van der Waals surface area (Å²) in [7, 11) is 1.73. The van der Waals surface area contributed by atoms with Crippen molar-refractivity contribution in [2.45, 2.75) is 13.0 Å². The number of tetrazole rings is 1. The second-order valence-electron chi connectivity index (χ2n) is 4.75. The van der Waals surface area contributed by atoms with E-state index in [-0.39, 0.29) is 11.9 Å². The molecule has 0 spiro atoms. The predicted molar refractivity (Wildman–Crippen MR) is 76.4 cm³/mol. The molecule has 1 atom stereocenters. The van der Waals surface area contributed by atoms with Gasteiger partial charge < -0.3 is 5.32 Å². The van der Waals surface area contributed by atoms with Crippen LogP contribution in [0.25, 0.3) is 10.9 Å². The number of aryl methyl sites for hydroxylation is 1. The summed E-state index contributed by atoms with van der Waals surface area (Å²) in [5, 5.41) is 15.0. The molecule has 0 saturated carbocycles. The van der Waals surface area contributed by atoms with E-state index in [9.17, 15) is 4.79 Å². The van der Waals surface area contributed by atoms with Crippen LogP contribution in [-0.4, -0.2) is 31.1 Å². The molecule has 106 valence electrons. The second kappa shape index (κ2) is 5.28. The van der Waals surface area contributed by atoms with Crippen LogP contribution >= 0.6 is 0 Å². The Kier molecular flexibility index (Phi) is 3.31. The lowest BCUT2D eigenvalue weighted by molar-refractivity contribution is 0.0933. The SMILES string of the molecule is CC(NC(=O)c1ccc2ccccc2n1)c1nnnn1C. The van der Waals surface area contributed by atoms with Crippen LogP contribution in [0.3, 0.4) is 0 Å². The molecule has 0 aliphatic carbocycles. The van der Waals surface area contributed by atoms with Crippen molar-refractivity contribution in [2.24, 2.45) is 7.05 Å². The zero-order valence-electron chi connectivity index (χ0n) is 11.7. The van der Waals surface area contributed by atoms with Crippen LogP contribution in [0.5, 0.6) is 0 Å². The number of hydrogen-bond donors (Lipinski definition) is 1. The Balaban J connectivity index is 1.82. The van der Waals surface area contributed by atoms with Crippen LogP contribution < -0.4 is 5.32 Å². The van der Waals surface area contributed by atoms with E-state index in [2.05, 4.69) is 25.8 Å².